The molecule has 0 aromatic carbocycles. The van der Waals surface area contributed by atoms with Gasteiger partial charge < -0.3 is 0 Å². The molecule has 1 aromatic rings. The van der Waals surface area contributed by atoms with Gasteiger partial charge in [-0.1, -0.05) is 0 Å². The molecule has 1 heterocycles. The van der Waals surface area contributed by atoms with Crippen molar-refractivity contribution in [3.8, 4) is 0 Å². The topological polar surface area (TPSA) is 42.3 Å². The third-order valence-corrected chi connectivity index (χ3v) is 1.55. The second-order valence-corrected chi connectivity index (χ2v) is 2.41. The molecular formula is C8H6F2N2O. The Kier molecular flexibility index (Phi) is 2.82. The van der Waals surface area contributed by atoms with Crippen molar-refractivity contribution in [1.29, 1.82) is 0 Å². The van der Waals surface area contributed by atoms with Crippen LogP contribution < -0.4 is 0 Å². The monoisotopic (exact) mass is 184 g/mol. The summed E-state index contributed by atoms with van der Waals surface area (Å²) in [6, 6.07) is -0.875. The minimum atomic E-state index is -0.875. The fourth-order valence-electron chi connectivity index (χ4n) is 0.964. The standard InChI is InChI=1S/C8H6F2N2O/c1-5(12-4-13)8-6(9)2-11-3-7(8)10/h2-3,5H,1H3. The van der Waals surface area contributed by atoms with Crippen LogP contribution in [0.4, 0.5) is 8.78 Å². The Balaban J connectivity index is 3.19. The summed E-state index contributed by atoms with van der Waals surface area (Å²) in [6.45, 7) is 1.40. The maximum absolute atomic E-state index is 12.9. The van der Waals surface area contributed by atoms with E-state index >= 15 is 0 Å². The largest absolute Gasteiger partial charge is 0.259 e. The van der Waals surface area contributed by atoms with Crippen molar-refractivity contribution in [2.75, 3.05) is 0 Å². The van der Waals surface area contributed by atoms with Crippen molar-refractivity contribution in [2.24, 2.45) is 4.99 Å². The zero-order chi connectivity index (χ0) is 9.84. The number of hydrogen-bond donors (Lipinski definition) is 0. The molecule has 0 spiro atoms. The highest BCUT2D eigenvalue weighted by molar-refractivity contribution is 5.35. The molecular weight excluding hydrogens is 178 g/mol. The summed E-state index contributed by atoms with van der Waals surface area (Å²) in [7, 11) is 0. The fourth-order valence-corrected chi connectivity index (χ4v) is 0.964. The molecule has 0 radical (unpaired) electrons. The molecule has 0 saturated heterocycles. The lowest BCUT2D eigenvalue weighted by molar-refractivity contribution is 0.523. The molecule has 0 bridgehead atoms. The fraction of sp³-hybridized carbons (Fsp3) is 0.250. The van der Waals surface area contributed by atoms with Gasteiger partial charge in [0.25, 0.3) is 0 Å². The minimum absolute atomic E-state index is 0.265. The number of halogens is 2. The molecule has 1 atom stereocenters. The lowest BCUT2D eigenvalue weighted by Crippen LogP contribution is -1.99. The molecule has 0 amide bonds. The third kappa shape index (κ3) is 1.95. The molecule has 1 rings (SSSR count). The van der Waals surface area contributed by atoms with Crippen molar-refractivity contribution in [3.63, 3.8) is 0 Å². The molecule has 13 heavy (non-hydrogen) atoms. The number of isocyanates is 1. The van der Waals surface area contributed by atoms with Gasteiger partial charge in [-0.2, -0.15) is 4.99 Å². The average Bonchev–Trinajstić information content (AvgIpc) is 2.04. The number of nitrogens with zero attached hydrogens (tertiary/aromatic N) is 2. The summed E-state index contributed by atoms with van der Waals surface area (Å²) >= 11 is 0. The van der Waals surface area contributed by atoms with Gasteiger partial charge in [0.15, 0.2) is 0 Å². The van der Waals surface area contributed by atoms with Gasteiger partial charge in [0.1, 0.15) is 11.6 Å². The van der Waals surface area contributed by atoms with Gasteiger partial charge in [0, 0.05) is 0 Å². The average molecular weight is 184 g/mol. The first-order valence-electron chi connectivity index (χ1n) is 3.52. The van der Waals surface area contributed by atoms with E-state index in [4.69, 9.17) is 0 Å². The maximum Gasteiger partial charge on any atom is 0.235 e. The van der Waals surface area contributed by atoms with E-state index in [9.17, 15) is 13.6 Å². The van der Waals surface area contributed by atoms with Crippen molar-refractivity contribution in [1.82, 2.24) is 4.98 Å². The van der Waals surface area contributed by atoms with Crippen LogP contribution in [0.2, 0.25) is 0 Å². The highest BCUT2D eigenvalue weighted by atomic mass is 19.1. The number of aromatic nitrogens is 1. The summed E-state index contributed by atoms with van der Waals surface area (Å²) in [5.74, 6) is -1.63. The molecule has 0 aliphatic carbocycles. The minimum Gasteiger partial charge on any atom is -0.259 e. The number of pyridine rings is 1. The Morgan fingerprint density at radius 1 is 1.46 bits per heavy atom. The first-order valence-corrected chi connectivity index (χ1v) is 3.52. The number of aliphatic imine (C=N–C) groups is 1. The van der Waals surface area contributed by atoms with E-state index in [0.29, 0.717) is 0 Å². The number of rotatable bonds is 2. The molecule has 1 unspecified atom stereocenters. The van der Waals surface area contributed by atoms with Gasteiger partial charge in [0.05, 0.1) is 24.0 Å². The SMILES string of the molecule is CC(N=C=O)c1c(F)cncc1F. The van der Waals surface area contributed by atoms with Crippen LogP contribution in [0.25, 0.3) is 0 Å². The van der Waals surface area contributed by atoms with E-state index < -0.39 is 17.7 Å². The lowest BCUT2D eigenvalue weighted by atomic mass is 10.1. The van der Waals surface area contributed by atoms with Gasteiger partial charge in [-0.3, -0.25) is 4.98 Å². The van der Waals surface area contributed by atoms with E-state index in [0.717, 1.165) is 12.4 Å². The maximum atomic E-state index is 12.9. The van der Waals surface area contributed by atoms with Crippen molar-refractivity contribution >= 4 is 6.08 Å². The Bertz CT molecular complexity index is 341. The summed E-state index contributed by atoms with van der Waals surface area (Å²) in [4.78, 5) is 16.4. The normalized spacial score (nSPS) is 11.9. The second kappa shape index (κ2) is 3.87. The predicted octanol–water partition coefficient (Wildman–Crippen LogP) is 1.76. The van der Waals surface area contributed by atoms with E-state index in [1.54, 1.807) is 0 Å². The first-order chi connectivity index (χ1) is 6.16. The van der Waals surface area contributed by atoms with Crippen LogP contribution in [-0.4, -0.2) is 11.1 Å². The van der Waals surface area contributed by atoms with Gasteiger partial charge in [0.2, 0.25) is 6.08 Å². The molecule has 3 nitrogen and oxygen atoms in total. The van der Waals surface area contributed by atoms with Gasteiger partial charge in [-0.15, -0.1) is 0 Å². The zero-order valence-corrected chi connectivity index (χ0v) is 6.79. The molecule has 0 aliphatic heterocycles. The summed E-state index contributed by atoms with van der Waals surface area (Å²) in [5, 5.41) is 0. The van der Waals surface area contributed by atoms with Crippen LogP contribution in [0.1, 0.15) is 18.5 Å². The number of hydrogen-bond acceptors (Lipinski definition) is 3. The van der Waals surface area contributed by atoms with Crippen molar-refractivity contribution < 1.29 is 13.6 Å². The van der Waals surface area contributed by atoms with Crippen LogP contribution in [-0.2, 0) is 4.79 Å². The Morgan fingerprint density at radius 3 is 2.46 bits per heavy atom. The highest BCUT2D eigenvalue weighted by Crippen LogP contribution is 2.21. The molecule has 68 valence electrons. The molecule has 0 aliphatic rings. The molecule has 0 saturated carbocycles. The molecule has 1 aromatic heterocycles. The molecule has 0 fully saturated rings. The second-order valence-electron chi connectivity index (χ2n) is 2.41. The number of carbonyl (C=O) groups excluding carboxylic acids is 1. The van der Waals surface area contributed by atoms with Crippen LogP contribution >= 0.6 is 0 Å². The van der Waals surface area contributed by atoms with Crippen molar-refractivity contribution in [3.05, 3.63) is 29.6 Å². The third-order valence-electron chi connectivity index (χ3n) is 1.55. The van der Waals surface area contributed by atoms with E-state index in [1.807, 2.05) is 0 Å². The van der Waals surface area contributed by atoms with E-state index in [1.165, 1.54) is 13.0 Å². The molecule has 5 heteroatoms. The summed E-state index contributed by atoms with van der Waals surface area (Å²) in [6.07, 6.45) is 2.98. The Labute approximate surface area is 73.1 Å². The Hall–Kier alpha value is -1.61. The Morgan fingerprint density at radius 2 is 2.00 bits per heavy atom. The van der Waals surface area contributed by atoms with Gasteiger partial charge in [-0.25, -0.2) is 13.6 Å². The molecule has 0 N–H and O–H groups in total. The summed E-state index contributed by atoms with van der Waals surface area (Å²) < 4.78 is 25.9. The van der Waals surface area contributed by atoms with Crippen LogP contribution in [0.15, 0.2) is 17.4 Å². The first kappa shape index (κ1) is 9.48. The van der Waals surface area contributed by atoms with E-state index in [2.05, 4.69) is 9.98 Å². The van der Waals surface area contributed by atoms with Gasteiger partial charge >= 0.3 is 0 Å². The zero-order valence-electron chi connectivity index (χ0n) is 6.79. The lowest BCUT2D eigenvalue weighted by Gasteiger charge is -2.05. The van der Waals surface area contributed by atoms with Crippen LogP contribution in [0, 0.1) is 11.6 Å². The highest BCUT2D eigenvalue weighted by Gasteiger charge is 2.15. The quantitative estimate of drug-likeness (QED) is 0.519. The van der Waals surface area contributed by atoms with Crippen molar-refractivity contribution in [2.45, 2.75) is 13.0 Å². The summed E-state index contributed by atoms with van der Waals surface area (Å²) in [5.41, 5.74) is -0.265. The van der Waals surface area contributed by atoms with Crippen LogP contribution in [0.3, 0.4) is 0 Å². The van der Waals surface area contributed by atoms with Crippen LogP contribution in [0.5, 0.6) is 0 Å². The van der Waals surface area contributed by atoms with E-state index in [-0.39, 0.29) is 5.56 Å². The smallest absolute Gasteiger partial charge is 0.235 e. The predicted molar refractivity (Wildman–Crippen MR) is 40.7 cm³/mol. The van der Waals surface area contributed by atoms with Gasteiger partial charge in [-0.05, 0) is 6.92 Å².